The van der Waals surface area contributed by atoms with Crippen LogP contribution in [-0.4, -0.2) is 52.3 Å². The first-order valence-corrected chi connectivity index (χ1v) is 14.8. The van der Waals surface area contributed by atoms with E-state index in [0.29, 0.717) is 22.7 Å². The van der Waals surface area contributed by atoms with Crippen molar-refractivity contribution in [2.75, 3.05) is 13.2 Å². The number of aliphatic hydroxyl groups is 1. The molecule has 4 N–H and O–H groups in total. The number of nitrogens with two attached hydrogens (primary N) is 1. The molecular formula is C34H32F4N4O5. The molecule has 47 heavy (non-hydrogen) atoms. The molecule has 0 spiro atoms. The van der Waals surface area contributed by atoms with E-state index in [9.17, 15) is 32.3 Å². The number of carbonyl (C=O) groups excluding carboxylic acids is 2. The largest absolute Gasteiger partial charge is 0.491 e. The van der Waals surface area contributed by atoms with Crippen molar-refractivity contribution in [2.45, 2.75) is 51.0 Å². The van der Waals surface area contributed by atoms with E-state index in [1.807, 2.05) is 0 Å². The van der Waals surface area contributed by atoms with Crippen LogP contribution in [0.5, 0.6) is 11.5 Å². The number of amides is 2. The van der Waals surface area contributed by atoms with Gasteiger partial charge in [0, 0.05) is 27.9 Å². The fourth-order valence-electron chi connectivity index (χ4n) is 4.90. The summed E-state index contributed by atoms with van der Waals surface area (Å²) in [6, 6.07) is 15.3. The Kier molecular flexibility index (Phi) is 9.48. The molecule has 0 radical (unpaired) electrons. The molecule has 13 heteroatoms. The fourth-order valence-corrected chi connectivity index (χ4v) is 4.90. The number of pyridine rings is 2. The summed E-state index contributed by atoms with van der Waals surface area (Å²) in [6.45, 7) is 2.12. The van der Waals surface area contributed by atoms with Gasteiger partial charge in [-0.25, -0.2) is 9.37 Å². The second kappa shape index (κ2) is 13.4. The summed E-state index contributed by atoms with van der Waals surface area (Å²) >= 11 is 0. The van der Waals surface area contributed by atoms with Gasteiger partial charge in [-0.1, -0.05) is 6.07 Å². The second-order valence-electron chi connectivity index (χ2n) is 11.2. The Morgan fingerprint density at radius 2 is 1.77 bits per heavy atom. The summed E-state index contributed by atoms with van der Waals surface area (Å²) in [7, 11) is 0. The molecule has 1 aliphatic carbocycles. The van der Waals surface area contributed by atoms with Crippen molar-refractivity contribution in [3.8, 4) is 34.0 Å². The highest BCUT2D eigenvalue weighted by atomic mass is 19.4. The zero-order chi connectivity index (χ0) is 33.9. The Bertz CT molecular complexity index is 1790. The van der Waals surface area contributed by atoms with Crippen LogP contribution in [0, 0.1) is 12.7 Å². The van der Waals surface area contributed by atoms with Gasteiger partial charge in [0.15, 0.2) is 0 Å². The van der Waals surface area contributed by atoms with E-state index in [2.05, 4.69) is 15.3 Å². The Morgan fingerprint density at radius 1 is 1.04 bits per heavy atom. The van der Waals surface area contributed by atoms with E-state index in [4.69, 9.17) is 15.2 Å². The highest BCUT2D eigenvalue weighted by Crippen LogP contribution is 2.42. The van der Waals surface area contributed by atoms with Gasteiger partial charge in [0.1, 0.15) is 23.0 Å². The Hall–Kier alpha value is -5.04. The van der Waals surface area contributed by atoms with Crippen LogP contribution in [-0.2, 0) is 16.8 Å². The lowest BCUT2D eigenvalue weighted by molar-refractivity contribution is -0.265. The molecule has 2 aromatic heterocycles. The summed E-state index contributed by atoms with van der Waals surface area (Å²) < 4.78 is 69.6. The van der Waals surface area contributed by atoms with Crippen LogP contribution >= 0.6 is 0 Å². The van der Waals surface area contributed by atoms with Crippen LogP contribution < -0.4 is 20.5 Å². The van der Waals surface area contributed by atoms with Gasteiger partial charge in [0.2, 0.25) is 11.5 Å². The Balaban J connectivity index is 1.53. The van der Waals surface area contributed by atoms with Crippen LogP contribution in [0.2, 0.25) is 0 Å². The molecule has 4 aromatic rings. The van der Waals surface area contributed by atoms with Crippen molar-refractivity contribution in [1.82, 2.24) is 15.3 Å². The number of hydrogen-bond acceptors (Lipinski definition) is 7. The standard InChI is InChI=1S/C34H32F4N4O5/c1-3-46-31-22(17-29(39)43)16-28(42-30(31)20-7-10-23(35)11-8-20)33(45,34(36,37)38)18-40-32(44)21-9-14-27(47-24-12-13-24)25(15-21)26-6-4-5-19(2)41-26/h4-11,14-16,24,45H,3,12-13,17-18H2,1-2H3,(H2,39,43)(H,40,44)/t33-/m0/s1. The van der Waals surface area contributed by atoms with Crippen LogP contribution in [0.3, 0.4) is 0 Å². The number of aryl methyl sites for hydroxylation is 1. The lowest BCUT2D eigenvalue weighted by atomic mass is 9.93. The van der Waals surface area contributed by atoms with Crippen molar-refractivity contribution in [2.24, 2.45) is 5.73 Å². The van der Waals surface area contributed by atoms with Gasteiger partial charge >= 0.3 is 6.18 Å². The maximum Gasteiger partial charge on any atom is 0.424 e. The summed E-state index contributed by atoms with van der Waals surface area (Å²) in [6.07, 6.45) is -4.13. The molecule has 0 saturated heterocycles. The van der Waals surface area contributed by atoms with E-state index < -0.39 is 48.1 Å². The smallest absolute Gasteiger partial charge is 0.424 e. The molecule has 0 bridgehead atoms. The number of nitrogens with one attached hydrogen (secondary N) is 1. The van der Waals surface area contributed by atoms with E-state index in [-0.39, 0.29) is 40.8 Å². The second-order valence-corrected chi connectivity index (χ2v) is 11.2. The van der Waals surface area contributed by atoms with E-state index in [0.717, 1.165) is 31.0 Å². The molecule has 5 rings (SSSR count). The number of ether oxygens (including phenoxy) is 2. The number of nitrogens with zero attached hydrogens (tertiary/aromatic N) is 2. The first-order chi connectivity index (χ1) is 22.3. The molecule has 1 fully saturated rings. The number of benzene rings is 2. The molecule has 2 aromatic carbocycles. The fraction of sp³-hybridized carbons (Fsp3) is 0.294. The van der Waals surface area contributed by atoms with Crippen LogP contribution in [0.4, 0.5) is 17.6 Å². The number of aromatic nitrogens is 2. The molecular weight excluding hydrogens is 620 g/mol. The molecule has 1 saturated carbocycles. The van der Waals surface area contributed by atoms with Crippen molar-refractivity contribution in [3.63, 3.8) is 0 Å². The third-order valence-electron chi connectivity index (χ3n) is 7.44. The van der Waals surface area contributed by atoms with Gasteiger partial charge in [0.05, 0.1) is 37.1 Å². The third-order valence-corrected chi connectivity index (χ3v) is 7.44. The lowest BCUT2D eigenvalue weighted by Gasteiger charge is -2.31. The van der Waals surface area contributed by atoms with E-state index in [1.165, 1.54) is 24.3 Å². The average Bonchev–Trinajstić information content (AvgIpc) is 3.84. The van der Waals surface area contributed by atoms with Gasteiger partial charge < -0.3 is 25.6 Å². The van der Waals surface area contributed by atoms with Crippen molar-refractivity contribution in [1.29, 1.82) is 0 Å². The molecule has 2 heterocycles. The summed E-state index contributed by atoms with van der Waals surface area (Å²) in [5, 5.41) is 13.5. The van der Waals surface area contributed by atoms with Gasteiger partial charge in [-0.3, -0.25) is 14.6 Å². The monoisotopic (exact) mass is 652 g/mol. The minimum Gasteiger partial charge on any atom is -0.491 e. The minimum absolute atomic E-state index is 0.00273. The zero-order valence-electron chi connectivity index (χ0n) is 25.5. The van der Waals surface area contributed by atoms with E-state index >= 15 is 0 Å². The lowest BCUT2D eigenvalue weighted by Crippen LogP contribution is -2.51. The topological polar surface area (TPSA) is 137 Å². The highest BCUT2D eigenvalue weighted by molar-refractivity contribution is 5.96. The SMILES string of the molecule is CCOc1c(CC(N)=O)cc([C@@](O)(CNC(=O)c2ccc(OC3CC3)c(-c3cccc(C)n3)c2)C(F)(F)F)nc1-c1ccc(F)cc1. The summed E-state index contributed by atoms with van der Waals surface area (Å²) in [4.78, 5) is 33.9. The number of primary amides is 1. The number of hydrogen-bond donors (Lipinski definition) is 3. The minimum atomic E-state index is -5.36. The van der Waals surface area contributed by atoms with Crippen LogP contribution in [0.15, 0.2) is 66.7 Å². The summed E-state index contributed by atoms with van der Waals surface area (Å²) in [5.41, 5.74) is 2.31. The molecule has 0 aliphatic heterocycles. The average molecular weight is 653 g/mol. The molecule has 0 unspecified atom stereocenters. The van der Waals surface area contributed by atoms with Crippen LogP contribution in [0.1, 0.15) is 47.1 Å². The normalized spacial score (nSPS) is 14.3. The van der Waals surface area contributed by atoms with Crippen molar-refractivity contribution >= 4 is 11.8 Å². The Labute approximate surface area is 267 Å². The van der Waals surface area contributed by atoms with Crippen molar-refractivity contribution < 1.29 is 41.7 Å². The Morgan fingerprint density at radius 3 is 2.38 bits per heavy atom. The highest BCUT2D eigenvalue weighted by Gasteiger charge is 2.56. The van der Waals surface area contributed by atoms with Crippen molar-refractivity contribution in [3.05, 3.63) is 95.1 Å². The number of halogens is 4. The first-order valence-electron chi connectivity index (χ1n) is 14.8. The molecule has 2 amide bonds. The quantitative estimate of drug-likeness (QED) is 0.174. The molecule has 246 valence electrons. The number of rotatable bonds is 12. The molecule has 9 nitrogen and oxygen atoms in total. The van der Waals surface area contributed by atoms with E-state index in [1.54, 1.807) is 38.1 Å². The van der Waals surface area contributed by atoms with Gasteiger partial charge in [-0.2, -0.15) is 13.2 Å². The predicted molar refractivity (Wildman–Crippen MR) is 164 cm³/mol. The zero-order valence-corrected chi connectivity index (χ0v) is 25.5. The first kappa shape index (κ1) is 33.3. The maximum atomic E-state index is 14.7. The number of carbonyl (C=O) groups is 2. The van der Waals surface area contributed by atoms with Gasteiger partial charge in [-0.05, 0) is 87.4 Å². The van der Waals surface area contributed by atoms with Crippen LogP contribution in [0.25, 0.3) is 22.5 Å². The third kappa shape index (κ3) is 7.51. The van der Waals surface area contributed by atoms with Gasteiger partial charge in [-0.15, -0.1) is 0 Å². The molecule has 1 atom stereocenters. The maximum absolute atomic E-state index is 14.7. The molecule has 1 aliphatic rings. The summed E-state index contributed by atoms with van der Waals surface area (Å²) in [5.74, 6) is -1.99. The predicted octanol–water partition coefficient (Wildman–Crippen LogP) is 5.41. The number of alkyl halides is 3. The van der Waals surface area contributed by atoms with Gasteiger partial charge in [0.25, 0.3) is 5.91 Å².